The lowest BCUT2D eigenvalue weighted by Crippen LogP contribution is -2.50. The van der Waals surface area contributed by atoms with E-state index >= 15 is 0 Å². The molecule has 0 aliphatic rings. The molecule has 0 aliphatic carbocycles. The molecule has 1 N–H and O–H groups in total. The van der Waals surface area contributed by atoms with Crippen LogP contribution in [0.15, 0.2) is 54.6 Å². The van der Waals surface area contributed by atoms with E-state index in [0.29, 0.717) is 5.56 Å². The summed E-state index contributed by atoms with van der Waals surface area (Å²) in [6.45, 7) is 1.12. The van der Waals surface area contributed by atoms with Crippen molar-refractivity contribution in [1.29, 1.82) is 0 Å². The number of nitrogens with zero attached hydrogens (tertiary/aromatic N) is 1. The number of amides is 2. The van der Waals surface area contributed by atoms with Crippen molar-refractivity contribution in [3.05, 3.63) is 65.7 Å². The molecule has 0 radical (unpaired) electrons. The average molecular weight is 390 g/mol. The smallest absolute Gasteiger partial charge is 0.387 e. The largest absolute Gasteiger partial charge is 0.435 e. The van der Waals surface area contributed by atoms with Gasteiger partial charge in [0.1, 0.15) is 11.8 Å². The number of carbonyl (C=O) groups excluding carboxylic acids is 2. The Bertz CT molecular complexity index is 780. The number of nitrogens with one attached hydrogen (secondary N) is 1. The van der Waals surface area contributed by atoms with Crippen molar-refractivity contribution >= 4 is 11.8 Å². The van der Waals surface area contributed by atoms with Crippen molar-refractivity contribution in [2.75, 3.05) is 7.05 Å². The van der Waals surface area contributed by atoms with Gasteiger partial charge in [-0.1, -0.05) is 44.2 Å². The number of hydrogen-bond acceptors (Lipinski definition) is 3. The summed E-state index contributed by atoms with van der Waals surface area (Å²) >= 11 is 0. The maximum absolute atomic E-state index is 12.9. The van der Waals surface area contributed by atoms with E-state index in [1.807, 2.05) is 19.9 Å². The predicted molar refractivity (Wildman–Crippen MR) is 102 cm³/mol. The SMILES string of the molecule is CC(C)C(NC(=O)c1ccccc1)C(=O)N(C)Cc1ccc(OC(F)F)cc1. The fraction of sp³-hybridized carbons (Fsp3) is 0.333. The summed E-state index contributed by atoms with van der Waals surface area (Å²) in [4.78, 5) is 26.8. The lowest BCUT2D eigenvalue weighted by molar-refractivity contribution is -0.133. The quantitative estimate of drug-likeness (QED) is 0.748. The van der Waals surface area contributed by atoms with Gasteiger partial charge in [0.05, 0.1) is 0 Å². The average Bonchev–Trinajstić information content (AvgIpc) is 2.67. The highest BCUT2D eigenvalue weighted by Crippen LogP contribution is 2.16. The topological polar surface area (TPSA) is 58.6 Å². The van der Waals surface area contributed by atoms with Gasteiger partial charge < -0.3 is 15.0 Å². The molecule has 0 fully saturated rings. The van der Waals surface area contributed by atoms with E-state index in [9.17, 15) is 18.4 Å². The van der Waals surface area contributed by atoms with Gasteiger partial charge >= 0.3 is 6.61 Å². The van der Waals surface area contributed by atoms with E-state index in [-0.39, 0.29) is 30.0 Å². The molecule has 2 aromatic carbocycles. The van der Waals surface area contributed by atoms with Crippen LogP contribution in [0.3, 0.4) is 0 Å². The summed E-state index contributed by atoms with van der Waals surface area (Å²) in [5, 5.41) is 2.80. The number of rotatable bonds is 8. The van der Waals surface area contributed by atoms with Gasteiger partial charge in [-0.05, 0) is 35.7 Å². The van der Waals surface area contributed by atoms with Crippen LogP contribution in [-0.2, 0) is 11.3 Å². The highest BCUT2D eigenvalue weighted by molar-refractivity contribution is 5.97. The van der Waals surface area contributed by atoms with Gasteiger partial charge in [-0.15, -0.1) is 0 Å². The van der Waals surface area contributed by atoms with E-state index < -0.39 is 12.7 Å². The Kier molecular flexibility index (Phi) is 7.49. The van der Waals surface area contributed by atoms with Crippen molar-refractivity contribution in [3.8, 4) is 5.75 Å². The number of hydrogen-bond donors (Lipinski definition) is 1. The van der Waals surface area contributed by atoms with Crippen LogP contribution in [0.2, 0.25) is 0 Å². The number of carbonyl (C=O) groups is 2. The second-order valence-electron chi connectivity index (χ2n) is 6.78. The molecule has 1 atom stereocenters. The lowest BCUT2D eigenvalue weighted by atomic mass is 10.0. The number of alkyl halides is 2. The van der Waals surface area contributed by atoms with Crippen LogP contribution in [0, 0.1) is 5.92 Å². The van der Waals surface area contributed by atoms with E-state index in [1.54, 1.807) is 43.4 Å². The van der Waals surface area contributed by atoms with E-state index in [0.717, 1.165) is 5.56 Å². The molecule has 0 aromatic heterocycles. The minimum absolute atomic E-state index is 0.0583. The number of likely N-dealkylation sites (N-methyl/N-ethyl adjacent to an activating group) is 1. The van der Waals surface area contributed by atoms with Crippen LogP contribution in [0.25, 0.3) is 0 Å². The first-order valence-corrected chi connectivity index (χ1v) is 8.92. The molecule has 7 heteroatoms. The second kappa shape index (κ2) is 9.82. The second-order valence-corrected chi connectivity index (χ2v) is 6.78. The highest BCUT2D eigenvalue weighted by Gasteiger charge is 2.27. The molecule has 0 saturated carbocycles. The van der Waals surface area contributed by atoms with Crippen LogP contribution >= 0.6 is 0 Å². The maximum Gasteiger partial charge on any atom is 0.387 e. The first-order chi connectivity index (χ1) is 13.3. The molecule has 0 bridgehead atoms. The van der Waals surface area contributed by atoms with Gasteiger partial charge in [-0.2, -0.15) is 8.78 Å². The zero-order valence-corrected chi connectivity index (χ0v) is 16.1. The third kappa shape index (κ3) is 6.04. The Morgan fingerprint density at radius 1 is 1.04 bits per heavy atom. The molecule has 150 valence electrons. The Hall–Kier alpha value is -2.96. The predicted octanol–water partition coefficient (Wildman–Crippen LogP) is 3.70. The summed E-state index contributed by atoms with van der Waals surface area (Å²) < 4.78 is 28.8. The Morgan fingerprint density at radius 3 is 2.18 bits per heavy atom. The van der Waals surface area contributed by atoms with Crippen molar-refractivity contribution < 1.29 is 23.1 Å². The zero-order valence-electron chi connectivity index (χ0n) is 16.1. The highest BCUT2D eigenvalue weighted by atomic mass is 19.3. The summed E-state index contributed by atoms with van der Waals surface area (Å²) in [6.07, 6.45) is 0. The van der Waals surface area contributed by atoms with Crippen LogP contribution in [-0.4, -0.2) is 36.4 Å². The van der Waals surface area contributed by atoms with Crippen LogP contribution in [0.4, 0.5) is 8.78 Å². The van der Waals surface area contributed by atoms with Gasteiger partial charge in [-0.3, -0.25) is 9.59 Å². The molecule has 2 amide bonds. The first-order valence-electron chi connectivity index (χ1n) is 8.92. The molecule has 5 nitrogen and oxygen atoms in total. The van der Waals surface area contributed by atoms with Gasteiger partial charge in [0, 0.05) is 19.2 Å². The summed E-state index contributed by atoms with van der Waals surface area (Å²) in [5.74, 6) is -0.589. The minimum atomic E-state index is -2.88. The lowest BCUT2D eigenvalue weighted by Gasteiger charge is -2.27. The van der Waals surface area contributed by atoms with Crippen molar-refractivity contribution in [3.63, 3.8) is 0 Å². The third-order valence-corrected chi connectivity index (χ3v) is 4.20. The summed E-state index contributed by atoms with van der Waals surface area (Å²) in [6, 6.07) is 14.1. The Labute approximate surface area is 163 Å². The Balaban J connectivity index is 2.02. The normalized spacial score (nSPS) is 12.0. The summed E-state index contributed by atoms with van der Waals surface area (Å²) in [5.41, 5.74) is 1.24. The van der Waals surface area contributed by atoms with Crippen molar-refractivity contribution in [1.82, 2.24) is 10.2 Å². The molecular formula is C21H24F2N2O3. The molecule has 2 aromatic rings. The van der Waals surface area contributed by atoms with Gasteiger partial charge in [0.2, 0.25) is 5.91 Å². The first kappa shape index (κ1) is 21.3. The Morgan fingerprint density at radius 2 is 1.64 bits per heavy atom. The molecular weight excluding hydrogens is 366 g/mol. The molecule has 0 spiro atoms. The number of ether oxygens (including phenoxy) is 1. The van der Waals surface area contributed by atoms with E-state index in [1.165, 1.54) is 17.0 Å². The monoisotopic (exact) mass is 390 g/mol. The fourth-order valence-corrected chi connectivity index (χ4v) is 2.69. The molecule has 0 aliphatic heterocycles. The molecule has 28 heavy (non-hydrogen) atoms. The zero-order chi connectivity index (χ0) is 20.7. The molecule has 0 saturated heterocycles. The number of halogens is 2. The van der Waals surface area contributed by atoms with Crippen LogP contribution in [0.1, 0.15) is 29.8 Å². The molecule has 1 unspecified atom stereocenters. The van der Waals surface area contributed by atoms with Crippen LogP contribution in [0.5, 0.6) is 5.75 Å². The van der Waals surface area contributed by atoms with Crippen molar-refractivity contribution in [2.45, 2.75) is 33.0 Å². The third-order valence-electron chi connectivity index (χ3n) is 4.20. The van der Waals surface area contributed by atoms with E-state index in [4.69, 9.17) is 0 Å². The molecule has 2 rings (SSSR count). The fourth-order valence-electron chi connectivity index (χ4n) is 2.69. The maximum atomic E-state index is 12.9. The van der Waals surface area contributed by atoms with Gasteiger partial charge in [-0.25, -0.2) is 0 Å². The van der Waals surface area contributed by atoms with Gasteiger partial charge in [0.25, 0.3) is 5.91 Å². The van der Waals surface area contributed by atoms with Gasteiger partial charge in [0.15, 0.2) is 0 Å². The van der Waals surface area contributed by atoms with E-state index in [2.05, 4.69) is 10.1 Å². The minimum Gasteiger partial charge on any atom is -0.435 e. The summed E-state index contributed by atoms with van der Waals surface area (Å²) in [7, 11) is 1.63. The molecule has 0 heterocycles. The van der Waals surface area contributed by atoms with Crippen molar-refractivity contribution in [2.24, 2.45) is 5.92 Å². The number of benzene rings is 2. The van der Waals surface area contributed by atoms with Crippen LogP contribution < -0.4 is 10.1 Å². The standard InChI is InChI=1S/C21H24F2N2O3/c1-14(2)18(24-19(26)16-7-5-4-6-8-16)20(27)25(3)13-15-9-11-17(12-10-15)28-21(22)23/h4-12,14,18,21H,13H2,1-3H3,(H,24,26).